The first kappa shape index (κ1) is 13.4. The zero-order valence-corrected chi connectivity index (χ0v) is 9.96. The largest absolute Gasteiger partial charge is 0.375 e. The maximum absolute atomic E-state index is 11.2. The SMILES string of the molecule is CNC(=O)CC(CC(C)C)OC(C)C. The average molecular weight is 201 g/mol. The maximum Gasteiger partial charge on any atom is 0.222 e. The molecule has 0 bridgehead atoms. The van der Waals surface area contributed by atoms with E-state index in [-0.39, 0.29) is 18.1 Å². The lowest BCUT2D eigenvalue weighted by atomic mass is 10.0. The fraction of sp³-hybridized carbons (Fsp3) is 0.909. The summed E-state index contributed by atoms with van der Waals surface area (Å²) in [7, 11) is 1.66. The van der Waals surface area contributed by atoms with Crippen molar-refractivity contribution in [2.75, 3.05) is 7.05 Å². The van der Waals surface area contributed by atoms with Crippen molar-refractivity contribution in [1.29, 1.82) is 0 Å². The molecule has 0 rings (SSSR count). The number of hydrogen-bond acceptors (Lipinski definition) is 2. The second kappa shape index (κ2) is 6.82. The van der Waals surface area contributed by atoms with E-state index in [9.17, 15) is 4.79 Å². The van der Waals surface area contributed by atoms with E-state index in [0.29, 0.717) is 12.3 Å². The van der Waals surface area contributed by atoms with E-state index in [2.05, 4.69) is 19.2 Å². The average Bonchev–Trinajstić information content (AvgIpc) is 2.01. The maximum atomic E-state index is 11.2. The van der Waals surface area contributed by atoms with Gasteiger partial charge in [0.05, 0.1) is 18.6 Å². The van der Waals surface area contributed by atoms with Crippen LogP contribution in [0.4, 0.5) is 0 Å². The van der Waals surface area contributed by atoms with Crippen LogP contribution in [-0.2, 0) is 9.53 Å². The standard InChI is InChI=1S/C11H23NO2/c1-8(2)6-10(14-9(3)4)7-11(13)12-5/h8-10H,6-7H2,1-5H3,(H,12,13). The molecule has 14 heavy (non-hydrogen) atoms. The van der Waals surface area contributed by atoms with Gasteiger partial charge >= 0.3 is 0 Å². The Hall–Kier alpha value is -0.570. The minimum absolute atomic E-state index is 0.0509. The van der Waals surface area contributed by atoms with Crippen LogP contribution < -0.4 is 5.32 Å². The first-order valence-corrected chi connectivity index (χ1v) is 5.31. The van der Waals surface area contributed by atoms with Crippen LogP contribution >= 0.6 is 0 Å². The normalized spacial score (nSPS) is 13.4. The molecule has 1 unspecified atom stereocenters. The Kier molecular flexibility index (Phi) is 6.54. The molecule has 0 aliphatic carbocycles. The molecule has 0 aromatic carbocycles. The van der Waals surface area contributed by atoms with Crippen LogP contribution in [0.1, 0.15) is 40.5 Å². The van der Waals surface area contributed by atoms with Crippen molar-refractivity contribution in [3.8, 4) is 0 Å². The highest BCUT2D eigenvalue weighted by atomic mass is 16.5. The fourth-order valence-corrected chi connectivity index (χ4v) is 1.41. The molecule has 0 aliphatic heterocycles. The molecule has 0 aliphatic rings. The first-order valence-electron chi connectivity index (χ1n) is 5.31. The lowest BCUT2D eigenvalue weighted by Gasteiger charge is -2.21. The highest BCUT2D eigenvalue weighted by molar-refractivity contribution is 5.76. The summed E-state index contributed by atoms with van der Waals surface area (Å²) >= 11 is 0. The molecule has 0 spiro atoms. The number of hydrogen-bond donors (Lipinski definition) is 1. The van der Waals surface area contributed by atoms with Gasteiger partial charge in [-0.15, -0.1) is 0 Å². The van der Waals surface area contributed by atoms with E-state index < -0.39 is 0 Å². The minimum atomic E-state index is 0.0509. The number of carbonyl (C=O) groups excluding carboxylic acids is 1. The molecule has 3 nitrogen and oxygen atoms in total. The van der Waals surface area contributed by atoms with Gasteiger partial charge in [0, 0.05) is 7.05 Å². The molecular weight excluding hydrogens is 178 g/mol. The summed E-state index contributed by atoms with van der Waals surface area (Å²) in [6.07, 6.45) is 1.64. The summed E-state index contributed by atoms with van der Waals surface area (Å²) < 4.78 is 5.67. The Morgan fingerprint density at radius 1 is 1.29 bits per heavy atom. The third-order valence-electron chi connectivity index (χ3n) is 1.89. The van der Waals surface area contributed by atoms with Gasteiger partial charge in [-0.3, -0.25) is 4.79 Å². The van der Waals surface area contributed by atoms with E-state index in [1.807, 2.05) is 13.8 Å². The van der Waals surface area contributed by atoms with Gasteiger partial charge in [0.25, 0.3) is 0 Å². The summed E-state index contributed by atoms with van der Waals surface area (Å²) in [5.41, 5.74) is 0. The molecule has 3 heteroatoms. The predicted molar refractivity (Wildman–Crippen MR) is 58.1 cm³/mol. The third kappa shape index (κ3) is 6.89. The van der Waals surface area contributed by atoms with Crippen molar-refractivity contribution in [2.24, 2.45) is 5.92 Å². The van der Waals surface area contributed by atoms with Crippen LogP contribution in [0.15, 0.2) is 0 Å². The highest BCUT2D eigenvalue weighted by Crippen LogP contribution is 2.13. The molecule has 1 N–H and O–H groups in total. The van der Waals surface area contributed by atoms with Crippen LogP contribution in [0.25, 0.3) is 0 Å². The van der Waals surface area contributed by atoms with Gasteiger partial charge in [0.2, 0.25) is 5.91 Å². The van der Waals surface area contributed by atoms with Gasteiger partial charge in [-0.25, -0.2) is 0 Å². The Bertz CT molecular complexity index is 157. The smallest absolute Gasteiger partial charge is 0.222 e. The summed E-state index contributed by atoms with van der Waals surface area (Å²) in [5.74, 6) is 0.611. The quantitative estimate of drug-likeness (QED) is 0.713. The van der Waals surface area contributed by atoms with Crippen molar-refractivity contribution >= 4 is 5.91 Å². The Balaban J connectivity index is 4.03. The fourth-order valence-electron chi connectivity index (χ4n) is 1.41. The van der Waals surface area contributed by atoms with Crippen molar-refractivity contribution in [1.82, 2.24) is 5.32 Å². The first-order chi connectivity index (χ1) is 6.45. The summed E-state index contributed by atoms with van der Waals surface area (Å²) in [4.78, 5) is 11.2. The van der Waals surface area contributed by atoms with Gasteiger partial charge in [-0.2, -0.15) is 0 Å². The van der Waals surface area contributed by atoms with Crippen LogP contribution in [0, 0.1) is 5.92 Å². The summed E-state index contributed by atoms with van der Waals surface area (Å²) in [5, 5.41) is 2.62. The zero-order valence-electron chi connectivity index (χ0n) is 9.96. The second-order valence-electron chi connectivity index (χ2n) is 4.31. The molecule has 0 aromatic rings. The molecule has 84 valence electrons. The molecular formula is C11H23NO2. The van der Waals surface area contributed by atoms with Gasteiger partial charge < -0.3 is 10.1 Å². The molecule has 1 atom stereocenters. The van der Waals surface area contributed by atoms with E-state index in [1.165, 1.54) is 0 Å². The van der Waals surface area contributed by atoms with Gasteiger partial charge in [0.15, 0.2) is 0 Å². The number of amides is 1. The summed E-state index contributed by atoms with van der Waals surface area (Å²) in [6, 6.07) is 0. The van der Waals surface area contributed by atoms with E-state index in [0.717, 1.165) is 6.42 Å². The number of rotatable bonds is 6. The lowest BCUT2D eigenvalue weighted by molar-refractivity contribution is -0.124. The Morgan fingerprint density at radius 3 is 2.21 bits per heavy atom. The zero-order chi connectivity index (χ0) is 11.1. The molecule has 1 amide bonds. The van der Waals surface area contributed by atoms with Crippen LogP contribution in [-0.4, -0.2) is 25.2 Å². The van der Waals surface area contributed by atoms with E-state index in [4.69, 9.17) is 4.74 Å². The third-order valence-corrected chi connectivity index (χ3v) is 1.89. The van der Waals surface area contributed by atoms with E-state index in [1.54, 1.807) is 7.05 Å². The van der Waals surface area contributed by atoms with Crippen molar-refractivity contribution < 1.29 is 9.53 Å². The van der Waals surface area contributed by atoms with Gasteiger partial charge in [-0.05, 0) is 26.2 Å². The van der Waals surface area contributed by atoms with Crippen molar-refractivity contribution in [2.45, 2.75) is 52.7 Å². The van der Waals surface area contributed by atoms with Crippen molar-refractivity contribution in [3.05, 3.63) is 0 Å². The molecule has 0 heterocycles. The van der Waals surface area contributed by atoms with E-state index >= 15 is 0 Å². The lowest BCUT2D eigenvalue weighted by Crippen LogP contribution is -2.28. The highest BCUT2D eigenvalue weighted by Gasteiger charge is 2.16. The topological polar surface area (TPSA) is 38.3 Å². The van der Waals surface area contributed by atoms with Gasteiger partial charge in [-0.1, -0.05) is 13.8 Å². The molecule has 0 aromatic heterocycles. The monoisotopic (exact) mass is 201 g/mol. The van der Waals surface area contributed by atoms with Crippen LogP contribution in [0.3, 0.4) is 0 Å². The number of carbonyl (C=O) groups is 1. The van der Waals surface area contributed by atoms with Gasteiger partial charge in [0.1, 0.15) is 0 Å². The predicted octanol–water partition coefficient (Wildman–Crippen LogP) is 1.96. The molecule has 0 radical (unpaired) electrons. The molecule has 0 fully saturated rings. The van der Waals surface area contributed by atoms with Crippen molar-refractivity contribution in [3.63, 3.8) is 0 Å². The van der Waals surface area contributed by atoms with Crippen LogP contribution in [0.5, 0.6) is 0 Å². The van der Waals surface area contributed by atoms with Crippen LogP contribution in [0.2, 0.25) is 0 Å². The minimum Gasteiger partial charge on any atom is -0.375 e. The number of nitrogens with one attached hydrogen (secondary N) is 1. The second-order valence-corrected chi connectivity index (χ2v) is 4.31. The Labute approximate surface area is 87.2 Å². The molecule has 0 saturated heterocycles. The number of ether oxygens (including phenoxy) is 1. The Morgan fingerprint density at radius 2 is 1.86 bits per heavy atom. The summed E-state index contributed by atoms with van der Waals surface area (Å²) in [6.45, 7) is 8.27. The molecule has 0 saturated carbocycles.